The second-order valence-corrected chi connectivity index (χ2v) is 9.29. The van der Waals surface area contributed by atoms with Crippen LogP contribution in [-0.4, -0.2) is 24.2 Å². The van der Waals surface area contributed by atoms with Crippen molar-refractivity contribution in [2.75, 3.05) is 5.32 Å². The molecule has 0 saturated carbocycles. The highest BCUT2D eigenvalue weighted by Crippen LogP contribution is 2.41. The van der Waals surface area contributed by atoms with Crippen LogP contribution in [0.25, 0.3) is 17.1 Å². The van der Waals surface area contributed by atoms with E-state index in [1.807, 2.05) is 4.72 Å². The van der Waals surface area contributed by atoms with Crippen molar-refractivity contribution in [3.05, 3.63) is 83.2 Å². The van der Waals surface area contributed by atoms with Crippen molar-refractivity contribution < 1.29 is 30.8 Å². The molecule has 176 valence electrons. The molecule has 13 heteroatoms. The van der Waals surface area contributed by atoms with Gasteiger partial charge < -0.3 is 9.73 Å². The molecule has 2 amide bonds. The zero-order chi connectivity index (χ0) is 24.5. The summed E-state index contributed by atoms with van der Waals surface area (Å²) in [5, 5.41) is 6.04. The lowest BCUT2D eigenvalue weighted by Gasteiger charge is -2.10. The van der Waals surface area contributed by atoms with E-state index in [0.717, 1.165) is 16.8 Å². The summed E-state index contributed by atoms with van der Waals surface area (Å²) < 4.78 is 73.2. The van der Waals surface area contributed by atoms with E-state index in [2.05, 4.69) is 26.3 Å². The highest BCUT2D eigenvalue weighted by atomic mass is 79.9. The molecule has 0 aliphatic carbocycles. The minimum absolute atomic E-state index is 0.00621. The zero-order valence-corrected chi connectivity index (χ0v) is 19.3. The number of furan rings is 1. The number of aromatic nitrogens is 2. The molecular weight excluding hydrogens is 541 g/mol. The van der Waals surface area contributed by atoms with Crippen LogP contribution in [0.15, 0.2) is 86.8 Å². The Morgan fingerprint density at radius 2 is 1.68 bits per heavy atom. The van der Waals surface area contributed by atoms with E-state index in [1.165, 1.54) is 30.5 Å². The Balaban J connectivity index is 1.63. The van der Waals surface area contributed by atoms with Gasteiger partial charge in [0.2, 0.25) is 0 Å². The maximum absolute atomic E-state index is 13.4. The van der Waals surface area contributed by atoms with Gasteiger partial charge in [0, 0.05) is 5.69 Å². The zero-order valence-electron chi connectivity index (χ0n) is 16.9. The van der Waals surface area contributed by atoms with Gasteiger partial charge in [0.1, 0.15) is 5.69 Å². The third-order valence-electron chi connectivity index (χ3n) is 4.50. The van der Waals surface area contributed by atoms with Gasteiger partial charge >= 0.3 is 12.2 Å². The molecule has 0 unspecified atom stereocenters. The summed E-state index contributed by atoms with van der Waals surface area (Å²) in [6, 6.07) is 15.0. The lowest BCUT2D eigenvalue weighted by atomic mass is 10.2. The Morgan fingerprint density at radius 3 is 2.26 bits per heavy atom. The summed E-state index contributed by atoms with van der Waals surface area (Å²) in [4.78, 5) is 11.8. The van der Waals surface area contributed by atoms with Crippen LogP contribution < -0.4 is 10.0 Å². The molecule has 4 rings (SSSR count). The van der Waals surface area contributed by atoms with Gasteiger partial charge in [-0.2, -0.15) is 18.3 Å². The number of carbonyl (C=O) groups is 1. The lowest BCUT2D eigenvalue weighted by Crippen LogP contribution is -2.34. The number of rotatable bonds is 5. The Labute approximate surface area is 199 Å². The Hall–Kier alpha value is -3.58. The standard InChI is InChI=1S/C21H14BrF3N4O4S/c22-17-18(16-7-4-12-33-16)29(27-19(17)21(23,24)25)14-8-10-15(11-9-14)34(31,32)28-20(30)26-13-5-2-1-3-6-13/h1-12H,(H2,26,28,30). The van der Waals surface area contributed by atoms with Crippen LogP contribution in [0.4, 0.5) is 23.7 Å². The van der Waals surface area contributed by atoms with Crippen LogP contribution in [0.5, 0.6) is 0 Å². The predicted molar refractivity (Wildman–Crippen MR) is 120 cm³/mol. The van der Waals surface area contributed by atoms with Crippen LogP contribution in [-0.2, 0) is 16.2 Å². The number of anilines is 1. The molecule has 0 saturated heterocycles. The minimum Gasteiger partial charge on any atom is -0.463 e. The molecule has 34 heavy (non-hydrogen) atoms. The quantitative estimate of drug-likeness (QED) is 0.342. The highest BCUT2D eigenvalue weighted by molar-refractivity contribution is 9.10. The molecule has 0 spiro atoms. The van der Waals surface area contributed by atoms with E-state index in [9.17, 15) is 26.4 Å². The van der Waals surface area contributed by atoms with Crippen LogP contribution >= 0.6 is 15.9 Å². The van der Waals surface area contributed by atoms with Crippen molar-refractivity contribution in [2.45, 2.75) is 11.1 Å². The van der Waals surface area contributed by atoms with E-state index in [-0.39, 0.29) is 26.5 Å². The fourth-order valence-corrected chi connectivity index (χ4v) is 4.59. The number of alkyl halides is 3. The summed E-state index contributed by atoms with van der Waals surface area (Å²) >= 11 is 2.94. The summed E-state index contributed by atoms with van der Waals surface area (Å²) in [5.41, 5.74) is -0.654. The molecule has 0 aliphatic heterocycles. The molecule has 0 radical (unpaired) electrons. The van der Waals surface area contributed by atoms with Crippen molar-refractivity contribution in [3.8, 4) is 17.1 Å². The third kappa shape index (κ3) is 4.84. The van der Waals surface area contributed by atoms with Crippen LogP contribution in [0.2, 0.25) is 0 Å². The molecule has 2 aromatic carbocycles. The SMILES string of the molecule is O=C(Nc1ccccc1)NS(=O)(=O)c1ccc(-n2nc(C(F)(F)F)c(Br)c2-c2ccco2)cc1. The van der Waals surface area contributed by atoms with E-state index in [4.69, 9.17) is 4.42 Å². The van der Waals surface area contributed by atoms with Gasteiger partial charge in [0.05, 0.1) is 21.3 Å². The van der Waals surface area contributed by atoms with E-state index in [0.29, 0.717) is 5.69 Å². The Morgan fingerprint density at radius 1 is 1.00 bits per heavy atom. The van der Waals surface area contributed by atoms with Crippen molar-refractivity contribution in [2.24, 2.45) is 0 Å². The van der Waals surface area contributed by atoms with E-state index < -0.39 is 27.9 Å². The molecule has 0 bridgehead atoms. The number of urea groups is 1. The fourth-order valence-electron chi connectivity index (χ4n) is 3.02. The monoisotopic (exact) mass is 554 g/mol. The number of hydrogen-bond donors (Lipinski definition) is 2. The van der Waals surface area contributed by atoms with Crippen LogP contribution in [0.3, 0.4) is 0 Å². The number of carbonyl (C=O) groups excluding carboxylic acids is 1. The largest absolute Gasteiger partial charge is 0.463 e. The number of nitrogens with zero attached hydrogens (tertiary/aromatic N) is 2. The van der Waals surface area contributed by atoms with Gasteiger partial charge in [-0.15, -0.1) is 0 Å². The van der Waals surface area contributed by atoms with Crippen molar-refractivity contribution in [1.29, 1.82) is 0 Å². The molecule has 8 nitrogen and oxygen atoms in total. The van der Waals surface area contributed by atoms with Gasteiger partial charge in [-0.3, -0.25) is 0 Å². The molecule has 2 aromatic heterocycles. The number of nitrogens with one attached hydrogen (secondary N) is 2. The third-order valence-corrected chi connectivity index (χ3v) is 6.60. The maximum atomic E-state index is 13.4. The number of para-hydroxylation sites is 1. The minimum atomic E-state index is -4.75. The number of amides is 2. The molecule has 0 fully saturated rings. The second kappa shape index (κ2) is 8.99. The first-order chi connectivity index (χ1) is 16.1. The van der Waals surface area contributed by atoms with Crippen molar-refractivity contribution in [3.63, 3.8) is 0 Å². The summed E-state index contributed by atoms with van der Waals surface area (Å²) in [7, 11) is -4.26. The Bertz CT molecular complexity index is 1420. The summed E-state index contributed by atoms with van der Waals surface area (Å²) in [5.74, 6) is 0.117. The number of halogens is 4. The number of benzene rings is 2. The summed E-state index contributed by atoms with van der Waals surface area (Å²) in [6.07, 6.45) is -3.45. The Kier molecular flexibility index (Phi) is 6.23. The van der Waals surface area contributed by atoms with Crippen molar-refractivity contribution in [1.82, 2.24) is 14.5 Å². The molecule has 2 heterocycles. The predicted octanol–water partition coefficient (Wildman–Crippen LogP) is 5.42. The first-order valence-electron chi connectivity index (χ1n) is 9.45. The number of sulfonamides is 1. The van der Waals surface area contributed by atoms with E-state index >= 15 is 0 Å². The average Bonchev–Trinajstić information content (AvgIpc) is 3.41. The maximum Gasteiger partial charge on any atom is 0.436 e. The average molecular weight is 555 g/mol. The summed E-state index contributed by atoms with van der Waals surface area (Å²) in [6.45, 7) is 0. The van der Waals surface area contributed by atoms with Crippen molar-refractivity contribution >= 4 is 37.7 Å². The fraction of sp³-hybridized carbons (Fsp3) is 0.0476. The molecule has 4 aromatic rings. The second-order valence-electron chi connectivity index (χ2n) is 6.82. The van der Waals surface area contributed by atoms with Gasteiger partial charge in [-0.05, 0) is 64.5 Å². The topological polar surface area (TPSA) is 106 Å². The number of hydrogen-bond acceptors (Lipinski definition) is 5. The van der Waals surface area contributed by atoms with Gasteiger partial charge in [0.25, 0.3) is 10.0 Å². The van der Waals surface area contributed by atoms with E-state index in [1.54, 1.807) is 30.3 Å². The molecular formula is C21H14BrF3N4O4S. The van der Waals surface area contributed by atoms with Gasteiger partial charge in [-0.25, -0.2) is 22.6 Å². The highest BCUT2D eigenvalue weighted by Gasteiger charge is 2.39. The molecule has 0 aliphatic rings. The normalized spacial score (nSPS) is 11.9. The molecule has 0 atom stereocenters. The molecule has 2 N–H and O–H groups in total. The van der Waals surface area contributed by atoms with Gasteiger partial charge in [-0.1, -0.05) is 18.2 Å². The van der Waals surface area contributed by atoms with Crippen LogP contribution in [0.1, 0.15) is 5.69 Å². The van der Waals surface area contributed by atoms with Gasteiger partial charge in [0.15, 0.2) is 11.5 Å². The first-order valence-corrected chi connectivity index (χ1v) is 11.7. The smallest absolute Gasteiger partial charge is 0.436 e. The first kappa shape index (κ1) is 23.6. The lowest BCUT2D eigenvalue weighted by molar-refractivity contribution is -0.141. The van der Waals surface area contributed by atoms with Crippen LogP contribution in [0, 0.1) is 0 Å².